The lowest BCUT2D eigenvalue weighted by Gasteiger charge is -2.26. The molecule has 0 spiro atoms. The molecule has 0 radical (unpaired) electrons. The van der Waals surface area contributed by atoms with Crippen LogP contribution in [0.25, 0.3) is 0 Å². The van der Waals surface area contributed by atoms with E-state index in [1.165, 1.54) is 29.3 Å². The van der Waals surface area contributed by atoms with Crippen molar-refractivity contribution in [1.29, 1.82) is 0 Å². The number of hydrogen-bond acceptors (Lipinski definition) is 2. The van der Waals surface area contributed by atoms with Gasteiger partial charge in [-0.1, -0.05) is 19.1 Å². The van der Waals surface area contributed by atoms with Crippen LogP contribution in [0.4, 0.5) is 0 Å². The Morgan fingerprint density at radius 2 is 2.00 bits per heavy atom. The van der Waals surface area contributed by atoms with Crippen LogP contribution in [0.15, 0.2) is 29.2 Å². The van der Waals surface area contributed by atoms with Crippen molar-refractivity contribution in [3.05, 3.63) is 29.8 Å². The minimum Gasteiger partial charge on any atom is -0.316 e. The van der Waals surface area contributed by atoms with Crippen molar-refractivity contribution in [1.82, 2.24) is 5.32 Å². The third-order valence-electron chi connectivity index (χ3n) is 2.68. The number of rotatable bonds is 4. The maximum Gasteiger partial charge on any atom is 0.00722 e. The molecule has 0 unspecified atom stereocenters. The first kappa shape index (κ1) is 10.1. The van der Waals surface area contributed by atoms with Gasteiger partial charge in [0.1, 0.15) is 0 Å². The van der Waals surface area contributed by atoms with Crippen molar-refractivity contribution in [2.75, 3.05) is 18.8 Å². The van der Waals surface area contributed by atoms with Crippen LogP contribution < -0.4 is 5.32 Å². The van der Waals surface area contributed by atoms with Gasteiger partial charge in [0.25, 0.3) is 0 Å². The minimum absolute atomic E-state index is 0.894. The van der Waals surface area contributed by atoms with Crippen LogP contribution in [0.1, 0.15) is 12.5 Å². The molecule has 0 aromatic heterocycles. The van der Waals surface area contributed by atoms with E-state index in [0.29, 0.717) is 0 Å². The first-order chi connectivity index (χ1) is 6.88. The smallest absolute Gasteiger partial charge is 0.00722 e. The Hall–Kier alpha value is -0.470. The molecule has 1 saturated heterocycles. The second-order valence-electron chi connectivity index (χ2n) is 3.83. The number of nitrogens with one attached hydrogen (secondary N) is 1. The molecule has 1 nitrogen and oxygen atoms in total. The first-order valence-corrected chi connectivity index (χ1v) is 6.29. The molecule has 1 aliphatic rings. The highest BCUT2D eigenvalue weighted by molar-refractivity contribution is 7.99. The van der Waals surface area contributed by atoms with Crippen molar-refractivity contribution in [2.24, 2.45) is 5.92 Å². The Morgan fingerprint density at radius 3 is 2.50 bits per heavy atom. The molecule has 1 N–H and O–H groups in total. The van der Waals surface area contributed by atoms with Crippen molar-refractivity contribution in [3.8, 4) is 0 Å². The molecule has 0 atom stereocenters. The summed E-state index contributed by atoms with van der Waals surface area (Å²) in [5.74, 6) is 2.16. The van der Waals surface area contributed by atoms with E-state index in [9.17, 15) is 0 Å². The average molecular weight is 207 g/mol. The SMILES string of the molecule is CCc1ccc(SCC2CNC2)cc1. The Bertz CT molecular complexity index is 277. The summed E-state index contributed by atoms with van der Waals surface area (Å²) in [4.78, 5) is 1.41. The van der Waals surface area contributed by atoms with Crippen molar-refractivity contribution < 1.29 is 0 Å². The number of hydrogen-bond donors (Lipinski definition) is 1. The largest absolute Gasteiger partial charge is 0.316 e. The van der Waals surface area contributed by atoms with E-state index in [1.54, 1.807) is 0 Å². The zero-order valence-corrected chi connectivity index (χ0v) is 9.44. The zero-order valence-electron chi connectivity index (χ0n) is 8.62. The highest BCUT2D eigenvalue weighted by Crippen LogP contribution is 2.22. The number of thioether (sulfide) groups is 1. The molecule has 0 amide bonds. The van der Waals surface area contributed by atoms with E-state index in [0.717, 1.165) is 12.3 Å². The molecule has 2 rings (SSSR count). The highest BCUT2D eigenvalue weighted by Gasteiger charge is 2.16. The summed E-state index contributed by atoms with van der Waals surface area (Å²) in [6.07, 6.45) is 1.14. The van der Waals surface area contributed by atoms with Crippen LogP contribution in [0, 0.1) is 5.92 Å². The Morgan fingerprint density at radius 1 is 1.29 bits per heavy atom. The van der Waals surface area contributed by atoms with Crippen LogP contribution in [0.2, 0.25) is 0 Å². The molecule has 1 aromatic carbocycles. The predicted molar refractivity (Wildman–Crippen MR) is 62.9 cm³/mol. The highest BCUT2D eigenvalue weighted by atomic mass is 32.2. The maximum absolute atomic E-state index is 3.30. The molecule has 1 heterocycles. The summed E-state index contributed by atoms with van der Waals surface area (Å²) < 4.78 is 0. The summed E-state index contributed by atoms with van der Waals surface area (Å²) in [7, 11) is 0. The lowest BCUT2D eigenvalue weighted by molar-refractivity contribution is 0.385. The lowest BCUT2D eigenvalue weighted by Crippen LogP contribution is -2.43. The van der Waals surface area contributed by atoms with Gasteiger partial charge in [0, 0.05) is 10.6 Å². The van der Waals surface area contributed by atoms with E-state index < -0.39 is 0 Å². The van der Waals surface area contributed by atoms with Gasteiger partial charge in [-0.05, 0) is 43.1 Å². The molecule has 0 bridgehead atoms. The Balaban J connectivity index is 1.83. The Labute approximate surface area is 90.3 Å². The lowest BCUT2D eigenvalue weighted by atomic mass is 10.1. The molecule has 1 aliphatic heterocycles. The van der Waals surface area contributed by atoms with E-state index in [-0.39, 0.29) is 0 Å². The molecule has 0 saturated carbocycles. The molecule has 76 valence electrons. The van der Waals surface area contributed by atoms with E-state index in [2.05, 4.69) is 36.5 Å². The van der Waals surface area contributed by atoms with Gasteiger partial charge < -0.3 is 5.32 Å². The zero-order chi connectivity index (χ0) is 9.80. The van der Waals surface area contributed by atoms with Gasteiger partial charge in [0.2, 0.25) is 0 Å². The molecule has 0 aliphatic carbocycles. The fourth-order valence-electron chi connectivity index (χ4n) is 1.50. The fourth-order valence-corrected chi connectivity index (χ4v) is 2.49. The fraction of sp³-hybridized carbons (Fsp3) is 0.500. The second kappa shape index (κ2) is 4.85. The van der Waals surface area contributed by atoms with Gasteiger partial charge in [-0.3, -0.25) is 0 Å². The molecular formula is C12H17NS. The topological polar surface area (TPSA) is 12.0 Å². The molecule has 14 heavy (non-hydrogen) atoms. The first-order valence-electron chi connectivity index (χ1n) is 5.31. The van der Waals surface area contributed by atoms with Gasteiger partial charge in [-0.25, -0.2) is 0 Å². The molecule has 1 fully saturated rings. The van der Waals surface area contributed by atoms with Gasteiger partial charge in [-0.15, -0.1) is 11.8 Å². The van der Waals surface area contributed by atoms with Crippen LogP contribution in [0.3, 0.4) is 0 Å². The maximum atomic E-state index is 3.30. The Kier molecular flexibility index (Phi) is 3.49. The van der Waals surface area contributed by atoms with E-state index >= 15 is 0 Å². The van der Waals surface area contributed by atoms with Crippen LogP contribution in [0.5, 0.6) is 0 Å². The van der Waals surface area contributed by atoms with Crippen molar-refractivity contribution in [3.63, 3.8) is 0 Å². The molecule has 2 heteroatoms. The van der Waals surface area contributed by atoms with Gasteiger partial charge in [0.05, 0.1) is 0 Å². The van der Waals surface area contributed by atoms with E-state index in [4.69, 9.17) is 0 Å². The summed E-state index contributed by atoms with van der Waals surface area (Å²) in [5.41, 5.74) is 1.43. The van der Waals surface area contributed by atoms with Crippen molar-refractivity contribution in [2.45, 2.75) is 18.2 Å². The van der Waals surface area contributed by atoms with Gasteiger partial charge in [0.15, 0.2) is 0 Å². The second-order valence-corrected chi connectivity index (χ2v) is 4.93. The monoisotopic (exact) mass is 207 g/mol. The van der Waals surface area contributed by atoms with Crippen LogP contribution >= 0.6 is 11.8 Å². The third-order valence-corrected chi connectivity index (χ3v) is 3.93. The summed E-state index contributed by atoms with van der Waals surface area (Å²) >= 11 is 1.98. The van der Waals surface area contributed by atoms with Crippen molar-refractivity contribution >= 4 is 11.8 Å². The predicted octanol–water partition coefficient (Wildman–Crippen LogP) is 2.56. The normalized spacial score (nSPS) is 16.6. The summed E-state index contributed by atoms with van der Waals surface area (Å²) in [6.45, 7) is 4.61. The van der Waals surface area contributed by atoms with Crippen LogP contribution in [-0.4, -0.2) is 18.8 Å². The quantitative estimate of drug-likeness (QED) is 0.762. The number of aryl methyl sites for hydroxylation is 1. The standard InChI is InChI=1S/C12H17NS/c1-2-10-3-5-12(6-4-10)14-9-11-7-13-8-11/h3-6,11,13H,2,7-9H2,1H3. The molecule has 1 aromatic rings. The van der Waals surface area contributed by atoms with Crippen LogP contribution in [-0.2, 0) is 6.42 Å². The number of benzene rings is 1. The third kappa shape index (κ3) is 2.52. The van der Waals surface area contributed by atoms with E-state index in [1.807, 2.05) is 11.8 Å². The molecular weight excluding hydrogens is 190 g/mol. The average Bonchev–Trinajstić information content (AvgIpc) is 2.16. The summed E-state index contributed by atoms with van der Waals surface area (Å²) in [5, 5.41) is 3.30. The minimum atomic E-state index is 0.894. The van der Waals surface area contributed by atoms with Gasteiger partial charge >= 0.3 is 0 Å². The summed E-state index contributed by atoms with van der Waals surface area (Å²) in [6, 6.07) is 8.97. The van der Waals surface area contributed by atoms with Gasteiger partial charge in [-0.2, -0.15) is 0 Å².